The molecule has 0 fully saturated rings. The third-order valence-electron chi connectivity index (χ3n) is 1.32. The van der Waals surface area contributed by atoms with E-state index in [2.05, 4.69) is 82.5 Å². The summed E-state index contributed by atoms with van der Waals surface area (Å²) in [5.74, 6) is 0. The topological polar surface area (TPSA) is 48.8 Å². The summed E-state index contributed by atoms with van der Waals surface area (Å²) in [5, 5.41) is 11.3. The minimum atomic E-state index is -0.843. The molecule has 0 rings (SSSR count). The number of hydrogen-bond acceptors (Lipinski definition) is 4. The molecule has 0 atom stereocenters. The molecular formula is C12H29N4P. The van der Waals surface area contributed by atoms with Crippen LogP contribution in [0.4, 0.5) is 0 Å². The van der Waals surface area contributed by atoms with Gasteiger partial charge in [0, 0.05) is 11.1 Å². The van der Waals surface area contributed by atoms with Crippen LogP contribution in [0, 0.1) is 0 Å². The van der Waals surface area contributed by atoms with Gasteiger partial charge in [-0.1, -0.05) is 0 Å². The smallest absolute Gasteiger partial charge is 0.187 e. The van der Waals surface area contributed by atoms with Gasteiger partial charge in [0.2, 0.25) is 0 Å². The maximum absolute atomic E-state index is 4.43. The van der Waals surface area contributed by atoms with E-state index in [-0.39, 0.29) is 16.6 Å². The zero-order valence-corrected chi connectivity index (χ0v) is 13.7. The summed E-state index contributed by atoms with van der Waals surface area (Å²) in [6, 6.07) is 0. The van der Waals surface area contributed by atoms with Gasteiger partial charge in [-0.15, -0.1) is 4.88 Å². The quantitative estimate of drug-likeness (QED) is 0.589. The molecule has 0 bridgehead atoms. The Morgan fingerprint density at radius 1 is 0.706 bits per heavy atom. The Labute approximate surface area is 108 Å². The van der Waals surface area contributed by atoms with Crippen molar-refractivity contribution in [3.8, 4) is 0 Å². The van der Waals surface area contributed by atoms with Crippen molar-refractivity contribution in [2.24, 2.45) is 10.00 Å². The Bertz CT molecular complexity index is 239. The van der Waals surface area contributed by atoms with Gasteiger partial charge in [-0.3, -0.25) is 10.2 Å². The van der Waals surface area contributed by atoms with Crippen LogP contribution in [0.15, 0.2) is 10.00 Å². The van der Waals surface area contributed by atoms with Gasteiger partial charge in [0.1, 0.15) is 0 Å². The second-order valence-electron chi connectivity index (χ2n) is 7.40. The highest BCUT2D eigenvalue weighted by Gasteiger charge is 2.23. The van der Waals surface area contributed by atoms with Crippen LogP contribution in [0.2, 0.25) is 0 Å². The van der Waals surface area contributed by atoms with Crippen LogP contribution in [0.1, 0.15) is 62.3 Å². The fourth-order valence-electron chi connectivity index (χ4n) is 0.887. The predicted octanol–water partition coefficient (Wildman–Crippen LogP) is 4.24. The van der Waals surface area contributed by atoms with E-state index in [1.54, 1.807) is 0 Å². The van der Waals surface area contributed by atoms with Crippen molar-refractivity contribution in [2.75, 3.05) is 0 Å². The van der Waals surface area contributed by atoms with Crippen molar-refractivity contribution in [1.82, 2.24) is 10.2 Å². The minimum Gasteiger partial charge on any atom is -0.259 e. The lowest BCUT2D eigenvalue weighted by Gasteiger charge is -2.30. The minimum absolute atomic E-state index is 0.0286. The number of rotatable bonds is 3. The first-order valence-corrected chi connectivity index (χ1v) is 7.37. The molecule has 0 aromatic rings. The molecule has 4 nitrogen and oxygen atoms in total. The molecule has 0 aromatic carbocycles. The van der Waals surface area contributed by atoms with Crippen molar-refractivity contribution in [1.29, 1.82) is 0 Å². The van der Waals surface area contributed by atoms with Gasteiger partial charge in [0.15, 0.2) is 8.37 Å². The van der Waals surface area contributed by atoms with Gasteiger partial charge >= 0.3 is 0 Å². The maximum Gasteiger partial charge on any atom is 0.187 e. The van der Waals surface area contributed by atoms with Crippen LogP contribution < -0.4 is 10.2 Å². The lowest BCUT2D eigenvalue weighted by Crippen LogP contribution is -2.40. The fraction of sp³-hybridized carbons (Fsp3) is 1.00. The second kappa shape index (κ2) is 5.73. The highest BCUT2D eigenvalue weighted by Crippen LogP contribution is 2.35. The number of nitrogens with zero attached hydrogens (tertiary/aromatic N) is 2. The normalized spacial score (nSPS) is 14.9. The van der Waals surface area contributed by atoms with E-state index in [0.717, 1.165) is 0 Å². The van der Waals surface area contributed by atoms with E-state index in [1.807, 2.05) is 0 Å². The molecule has 17 heavy (non-hydrogen) atoms. The second-order valence-corrected chi connectivity index (χ2v) is 8.65. The van der Waals surface area contributed by atoms with Crippen LogP contribution in [0.5, 0.6) is 0 Å². The molecule has 0 aliphatic rings. The fourth-order valence-corrected chi connectivity index (χ4v) is 2.66. The van der Waals surface area contributed by atoms with Crippen molar-refractivity contribution in [3.05, 3.63) is 0 Å². The zero-order valence-electron chi connectivity index (χ0n) is 12.8. The van der Waals surface area contributed by atoms with Crippen molar-refractivity contribution in [3.63, 3.8) is 0 Å². The van der Waals surface area contributed by atoms with E-state index in [0.29, 0.717) is 0 Å². The van der Waals surface area contributed by atoms with Crippen LogP contribution >= 0.6 is 8.37 Å². The lowest BCUT2D eigenvalue weighted by atomic mass is 10.1. The molecular weight excluding hydrogens is 231 g/mol. The molecule has 102 valence electrons. The summed E-state index contributed by atoms with van der Waals surface area (Å²) in [6.07, 6.45) is 0. The van der Waals surface area contributed by atoms with Gasteiger partial charge in [-0.05, 0) is 62.3 Å². The van der Waals surface area contributed by atoms with Crippen molar-refractivity contribution < 1.29 is 0 Å². The lowest BCUT2D eigenvalue weighted by molar-refractivity contribution is 0.489. The van der Waals surface area contributed by atoms with Crippen LogP contribution in [0.3, 0.4) is 0 Å². The molecule has 0 saturated carbocycles. The Hall–Kier alpha value is -0.0500. The van der Waals surface area contributed by atoms with Crippen molar-refractivity contribution >= 4 is 8.37 Å². The Balaban J connectivity index is 4.69. The maximum atomic E-state index is 4.43. The molecule has 0 radical (unpaired) electrons. The average Bonchev–Trinajstić information content (AvgIpc) is 1.92. The average molecular weight is 260 g/mol. The molecule has 0 aliphatic heterocycles. The standard InChI is InChI=1S/C12H29N4P/c1-10(2,3)13-16-17(14-11(4,5)6)15-12(7,8)9/h14-15H,1-9H3. The first-order valence-electron chi connectivity index (χ1n) is 6.07. The Morgan fingerprint density at radius 3 is 1.29 bits per heavy atom. The first kappa shape index (κ1) is 16.9. The van der Waals surface area contributed by atoms with Crippen LogP contribution in [-0.2, 0) is 0 Å². The van der Waals surface area contributed by atoms with Crippen LogP contribution in [-0.4, -0.2) is 16.6 Å². The van der Waals surface area contributed by atoms with E-state index in [1.165, 1.54) is 0 Å². The van der Waals surface area contributed by atoms with E-state index in [9.17, 15) is 0 Å². The van der Waals surface area contributed by atoms with Gasteiger partial charge in [-0.25, -0.2) is 0 Å². The zero-order chi connectivity index (χ0) is 13.9. The van der Waals surface area contributed by atoms with E-state index < -0.39 is 8.37 Å². The molecule has 2 N–H and O–H groups in total. The first-order chi connectivity index (χ1) is 7.29. The highest BCUT2D eigenvalue weighted by molar-refractivity contribution is 7.51. The molecule has 0 spiro atoms. The highest BCUT2D eigenvalue weighted by atomic mass is 31.1. The predicted molar refractivity (Wildman–Crippen MR) is 77.3 cm³/mol. The Kier molecular flexibility index (Phi) is 5.71. The van der Waals surface area contributed by atoms with Crippen LogP contribution in [0.25, 0.3) is 0 Å². The molecule has 0 unspecified atom stereocenters. The molecule has 0 saturated heterocycles. The summed E-state index contributed by atoms with van der Waals surface area (Å²) in [4.78, 5) is 4.43. The molecule has 0 amide bonds. The summed E-state index contributed by atoms with van der Waals surface area (Å²) in [6.45, 7) is 19.0. The third kappa shape index (κ3) is 12.2. The van der Waals surface area contributed by atoms with E-state index in [4.69, 9.17) is 0 Å². The summed E-state index contributed by atoms with van der Waals surface area (Å²) in [5.41, 5.74) is -0.0680. The molecule has 0 aliphatic carbocycles. The molecule has 0 heterocycles. The van der Waals surface area contributed by atoms with Gasteiger partial charge in [0.05, 0.1) is 5.54 Å². The number of hydrogen-bond donors (Lipinski definition) is 2. The largest absolute Gasteiger partial charge is 0.259 e. The molecule has 0 aromatic heterocycles. The number of nitrogens with one attached hydrogen (secondary N) is 2. The van der Waals surface area contributed by atoms with Gasteiger partial charge < -0.3 is 0 Å². The van der Waals surface area contributed by atoms with E-state index >= 15 is 0 Å². The van der Waals surface area contributed by atoms with Crippen molar-refractivity contribution in [2.45, 2.75) is 78.9 Å². The molecule has 5 heteroatoms. The summed E-state index contributed by atoms with van der Waals surface area (Å²) >= 11 is 0. The summed E-state index contributed by atoms with van der Waals surface area (Å²) in [7, 11) is -0.843. The monoisotopic (exact) mass is 260 g/mol. The van der Waals surface area contributed by atoms with Gasteiger partial charge in [-0.2, -0.15) is 5.11 Å². The summed E-state index contributed by atoms with van der Waals surface area (Å²) < 4.78 is 0. The Morgan fingerprint density at radius 2 is 1.06 bits per heavy atom. The third-order valence-corrected chi connectivity index (χ3v) is 3.35. The van der Waals surface area contributed by atoms with Gasteiger partial charge in [0.25, 0.3) is 0 Å². The SMILES string of the molecule is CC(C)(C)N=NP(NC(C)(C)C)NC(C)(C)C.